The lowest BCUT2D eigenvalue weighted by Crippen LogP contribution is -2.13. The molecule has 0 nitrogen and oxygen atoms in total. The average molecular weight is 519 g/mol. The van der Waals surface area contributed by atoms with Crippen molar-refractivity contribution in [2.75, 3.05) is 0 Å². The monoisotopic (exact) mass is 518 g/mol. The maximum Gasteiger partial charge on any atom is 0.332 e. The summed E-state index contributed by atoms with van der Waals surface area (Å²) in [4.78, 5) is -3.76. The van der Waals surface area contributed by atoms with Crippen molar-refractivity contribution in [1.82, 2.24) is 0 Å². The lowest BCUT2D eigenvalue weighted by atomic mass is 9.77. The zero-order valence-corrected chi connectivity index (χ0v) is 20.1. The third-order valence-corrected chi connectivity index (χ3v) is 7.20. The molecule has 0 heterocycles. The normalized spacial score (nSPS) is 19.0. The third-order valence-electron chi connectivity index (χ3n) is 6.80. The SMILES string of the molecule is CCCC1CCC(c2ccc(-c3ccc(-c4cc(F)c(C(F)(F)Br)c(F)c4)cc3)cc2)CC1. The molecule has 33 heavy (non-hydrogen) atoms. The minimum Gasteiger partial charge on any atom is -0.206 e. The van der Waals surface area contributed by atoms with Gasteiger partial charge in [0.1, 0.15) is 17.2 Å². The Morgan fingerprint density at radius 1 is 0.758 bits per heavy atom. The number of hydrogen-bond donors (Lipinski definition) is 0. The van der Waals surface area contributed by atoms with Crippen molar-refractivity contribution in [3.63, 3.8) is 0 Å². The fourth-order valence-electron chi connectivity index (χ4n) is 5.01. The van der Waals surface area contributed by atoms with E-state index in [4.69, 9.17) is 0 Å². The van der Waals surface area contributed by atoms with E-state index in [1.165, 1.54) is 44.1 Å². The van der Waals surface area contributed by atoms with E-state index in [0.29, 0.717) is 11.5 Å². The van der Waals surface area contributed by atoms with Gasteiger partial charge in [-0.1, -0.05) is 68.3 Å². The van der Waals surface area contributed by atoms with Crippen molar-refractivity contribution in [3.8, 4) is 22.3 Å². The molecule has 1 aliphatic carbocycles. The van der Waals surface area contributed by atoms with Crippen LogP contribution in [0.2, 0.25) is 0 Å². The van der Waals surface area contributed by atoms with Gasteiger partial charge in [-0.05, 0) is 93.4 Å². The maximum absolute atomic E-state index is 14.1. The van der Waals surface area contributed by atoms with E-state index in [-0.39, 0.29) is 5.56 Å². The molecule has 4 rings (SSSR count). The average Bonchev–Trinajstić information content (AvgIpc) is 2.79. The predicted octanol–water partition coefficient (Wildman–Crippen LogP) is 9.82. The molecule has 3 aromatic rings. The summed E-state index contributed by atoms with van der Waals surface area (Å²) in [6, 6.07) is 17.8. The van der Waals surface area contributed by atoms with Crippen LogP contribution in [0.1, 0.15) is 62.5 Å². The summed E-state index contributed by atoms with van der Waals surface area (Å²) in [7, 11) is 0. The van der Waals surface area contributed by atoms with Gasteiger partial charge in [-0.2, -0.15) is 8.78 Å². The minimum atomic E-state index is -3.76. The topological polar surface area (TPSA) is 0 Å². The second-order valence-corrected chi connectivity index (χ2v) is 10.0. The van der Waals surface area contributed by atoms with Crippen LogP contribution in [-0.4, -0.2) is 0 Å². The van der Waals surface area contributed by atoms with E-state index in [1.807, 2.05) is 28.1 Å². The molecule has 0 amide bonds. The summed E-state index contributed by atoms with van der Waals surface area (Å²) in [6.45, 7) is 2.26. The molecule has 0 aliphatic heterocycles. The van der Waals surface area contributed by atoms with Crippen LogP contribution in [0.25, 0.3) is 22.3 Å². The summed E-state index contributed by atoms with van der Waals surface area (Å²) in [5.74, 6) is -1.04. The first-order chi connectivity index (χ1) is 15.8. The van der Waals surface area contributed by atoms with Crippen LogP contribution in [-0.2, 0) is 4.83 Å². The largest absolute Gasteiger partial charge is 0.332 e. The highest BCUT2D eigenvalue weighted by atomic mass is 79.9. The van der Waals surface area contributed by atoms with Crippen LogP contribution in [0.5, 0.6) is 0 Å². The highest BCUT2D eigenvalue weighted by molar-refractivity contribution is 9.09. The van der Waals surface area contributed by atoms with Gasteiger partial charge >= 0.3 is 4.83 Å². The van der Waals surface area contributed by atoms with Gasteiger partial charge in [0.15, 0.2) is 0 Å². The van der Waals surface area contributed by atoms with Crippen LogP contribution in [0.3, 0.4) is 0 Å². The number of hydrogen-bond acceptors (Lipinski definition) is 0. The van der Waals surface area contributed by atoms with E-state index in [1.54, 1.807) is 12.1 Å². The van der Waals surface area contributed by atoms with Gasteiger partial charge in [0.05, 0.1) is 0 Å². The first-order valence-electron chi connectivity index (χ1n) is 11.5. The van der Waals surface area contributed by atoms with Crippen LogP contribution in [0, 0.1) is 17.6 Å². The summed E-state index contributed by atoms with van der Waals surface area (Å²) < 4.78 is 55.0. The number of alkyl halides is 3. The lowest BCUT2D eigenvalue weighted by Gasteiger charge is -2.28. The van der Waals surface area contributed by atoms with Gasteiger partial charge in [0, 0.05) is 0 Å². The molecule has 174 valence electrons. The number of benzene rings is 3. The summed E-state index contributed by atoms with van der Waals surface area (Å²) in [5.41, 5.74) is 2.94. The molecular formula is C28H27BrF4. The lowest BCUT2D eigenvalue weighted by molar-refractivity contribution is 0.105. The quantitative estimate of drug-likeness (QED) is 0.225. The summed E-state index contributed by atoms with van der Waals surface area (Å²) in [6.07, 6.45) is 7.75. The van der Waals surface area contributed by atoms with Gasteiger partial charge in [-0.3, -0.25) is 0 Å². The predicted molar refractivity (Wildman–Crippen MR) is 130 cm³/mol. The molecule has 1 fully saturated rings. The molecular weight excluding hydrogens is 492 g/mol. The van der Waals surface area contributed by atoms with Gasteiger partial charge in [0.25, 0.3) is 0 Å². The van der Waals surface area contributed by atoms with Crippen molar-refractivity contribution < 1.29 is 17.6 Å². The Kier molecular flexibility index (Phi) is 7.28. The first kappa shape index (κ1) is 24.0. The molecule has 0 radical (unpaired) electrons. The zero-order chi connectivity index (χ0) is 23.6. The van der Waals surface area contributed by atoms with Gasteiger partial charge in [-0.25, -0.2) is 8.78 Å². The Hall–Kier alpha value is -2.14. The van der Waals surface area contributed by atoms with E-state index in [0.717, 1.165) is 29.2 Å². The van der Waals surface area contributed by atoms with E-state index < -0.39 is 22.0 Å². The Balaban J connectivity index is 1.48. The van der Waals surface area contributed by atoms with Crippen LogP contribution in [0.4, 0.5) is 17.6 Å². The number of rotatable bonds is 6. The van der Waals surface area contributed by atoms with E-state index in [9.17, 15) is 17.6 Å². The van der Waals surface area contributed by atoms with E-state index >= 15 is 0 Å². The van der Waals surface area contributed by atoms with Crippen molar-refractivity contribution in [1.29, 1.82) is 0 Å². The highest BCUT2D eigenvalue weighted by Gasteiger charge is 2.34. The van der Waals surface area contributed by atoms with Crippen LogP contribution < -0.4 is 0 Å². The summed E-state index contributed by atoms with van der Waals surface area (Å²) in [5, 5.41) is 0. The van der Waals surface area contributed by atoms with Gasteiger partial charge < -0.3 is 0 Å². The van der Waals surface area contributed by atoms with Crippen molar-refractivity contribution in [2.24, 2.45) is 5.92 Å². The smallest absolute Gasteiger partial charge is 0.206 e. The minimum absolute atomic E-state index is 0.214. The first-order valence-corrected chi connectivity index (χ1v) is 12.3. The molecule has 1 saturated carbocycles. The third kappa shape index (κ3) is 5.51. The molecule has 0 atom stereocenters. The van der Waals surface area contributed by atoms with E-state index in [2.05, 4.69) is 31.2 Å². The summed E-state index contributed by atoms with van der Waals surface area (Å²) >= 11 is 2.03. The van der Waals surface area contributed by atoms with Crippen LogP contribution in [0.15, 0.2) is 60.7 Å². The number of halogens is 5. The fraction of sp³-hybridized carbons (Fsp3) is 0.357. The Bertz CT molecular complexity index is 1050. The molecule has 0 bridgehead atoms. The van der Waals surface area contributed by atoms with Gasteiger partial charge in [-0.15, -0.1) is 0 Å². The molecule has 3 aromatic carbocycles. The second kappa shape index (κ2) is 10.0. The second-order valence-electron chi connectivity index (χ2n) is 9.02. The molecule has 0 N–H and O–H groups in total. The Labute approximate surface area is 201 Å². The maximum atomic E-state index is 14.1. The van der Waals surface area contributed by atoms with Crippen molar-refractivity contribution >= 4 is 15.9 Å². The molecule has 0 spiro atoms. The van der Waals surface area contributed by atoms with Crippen molar-refractivity contribution in [3.05, 3.63) is 83.4 Å². The van der Waals surface area contributed by atoms with Gasteiger partial charge in [0.2, 0.25) is 0 Å². The van der Waals surface area contributed by atoms with Crippen LogP contribution >= 0.6 is 15.9 Å². The zero-order valence-electron chi connectivity index (χ0n) is 18.6. The highest BCUT2D eigenvalue weighted by Crippen LogP contribution is 2.40. The Morgan fingerprint density at radius 3 is 1.67 bits per heavy atom. The Morgan fingerprint density at radius 2 is 1.21 bits per heavy atom. The molecule has 0 aromatic heterocycles. The molecule has 1 aliphatic rings. The molecule has 0 saturated heterocycles. The fourth-order valence-corrected chi connectivity index (χ4v) is 5.38. The standard InChI is InChI=1S/C28H27BrF4/c1-2-3-18-4-6-19(7-5-18)20-8-10-21(11-9-20)22-12-14-23(15-13-22)24-16-25(30)27(26(31)17-24)28(29,32)33/h8-19H,2-7H2,1H3. The van der Waals surface area contributed by atoms with Crippen molar-refractivity contribution in [2.45, 2.75) is 56.2 Å². The molecule has 0 unspecified atom stereocenters. The molecule has 5 heteroatoms.